The zero-order valence-corrected chi connectivity index (χ0v) is 8.54. The van der Waals surface area contributed by atoms with Crippen LogP contribution in [-0.2, 0) is 6.42 Å². The van der Waals surface area contributed by atoms with Crippen molar-refractivity contribution in [3.8, 4) is 0 Å². The molecule has 3 nitrogen and oxygen atoms in total. The molecule has 0 aliphatic rings. The van der Waals surface area contributed by atoms with E-state index in [1.165, 1.54) is 10.9 Å². The molecule has 0 aliphatic carbocycles. The summed E-state index contributed by atoms with van der Waals surface area (Å²) in [5.41, 5.74) is 2.45. The largest absolute Gasteiger partial charge is 0.317 e. The van der Waals surface area contributed by atoms with E-state index in [9.17, 15) is 0 Å². The number of aromatic nitrogens is 2. The maximum absolute atomic E-state index is 4.00. The first-order valence-electron chi connectivity index (χ1n) is 4.89. The van der Waals surface area contributed by atoms with Gasteiger partial charge in [-0.3, -0.25) is 5.10 Å². The van der Waals surface area contributed by atoms with Gasteiger partial charge in [-0.1, -0.05) is 6.07 Å². The molecule has 1 aromatic heterocycles. The monoisotopic (exact) mass is 189 g/mol. The first kappa shape index (κ1) is 9.21. The molecule has 2 rings (SSSR count). The van der Waals surface area contributed by atoms with Crippen molar-refractivity contribution >= 4 is 10.9 Å². The van der Waals surface area contributed by atoms with Crippen molar-refractivity contribution in [2.45, 2.75) is 19.4 Å². The molecule has 0 saturated heterocycles. The Morgan fingerprint density at radius 3 is 3.14 bits per heavy atom. The van der Waals surface area contributed by atoms with Crippen molar-refractivity contribution < 1.29 is 0 Å². The van der Waals surface area contributed by atoms with Crippen LogP contribution in [0.4, 0.5) is 0 Å². The van der Waals surface area contributed by atoms with Crippen LogP contribution in [0.5, 0.6) is 0 Å². The Morgan fingerprint density at radius 1 is 1.50 bits per heavy atom. The van der Waals surface area contributed by atoms with Crippen LogP contribution in [0.25, 0.3) is 10.9 Å². The second-order valence-electron chi connectivity index (χ2n) is 3.69. The number of aromatic amines is 1. The molecule has 74 valence electrons. The Hall–Kier alpha value is -1.35. The van der Waals surface area contributed by atoms with Gasteiger partial charge in [0.05, 0.1) is 11.7 Å². The number of benzene rings is 1. The Kier molecular flexibility index (Phi) is 2.50. The molecule has 1 atom stereocenters. The number of nitrogens with one attached hydrogen (secondary N) is 2. The zero-order valence-electron chi connectivity index (χ0n) is 8.54. The maximum Gasteiger partial charge on any atom is 0.0650 e. The summed E-state index contributed by atoms with van der Waals surface area (Å²) >= 11 is 0. The van der Waals surface area contributed by atoms with Crippen molar-refractivity contribution in [1.82, 2.24) is 15.5 Å². The van der Waals surface area contributed by atoms with Crippen LogP contribution in [0, 0.1) is 0 Å². The van der Waals surface area contributed by atoms with Gasteiger partial charge < -0.3 is 5.32 Å². The standard InChI is InChI=1S/C11H15N3/c1-8(12-2)5-9-3-4-11-10(6-9)7-13-14-11/h3-4,6-8,12H,5H2,1-2H3,(H,13,14). The van der Waals surface area contributed by atoms with Crippen molar-refractivity contribution in [3.05, 3.63) is 30.0 Å². The van der Waals surface area contributed by atoms with E-state index >= 15 is 0 Å². The van der Waals surface area contributed by atoms with E-state index in [-0.39, 0.29) is 0 Å². The molecule has 1 unspecified atom stereocenters. The van der Waals surface area contributed by atoms with E-state index in [1.807, 2.05) is 13.2 Å². The highest BCUT2D eigenvalue weighted by atomic mass is 15.1. The number of fused-ring (bicyclic) bond motifs is 1. The summed E-state index contributed by atoms with van der Waals surface area (Å²) in [4.78, 5) is 0. The number of hydrogen-bond acceptors (Lipinski definition) is 2. The molecule has 14 heavy (non-hydrogen) atoms. The smallest absolute Gasteiger partial charge is 0.0650 e. The topological polar surface area (TPSA) is 40.7 Å². The molecule has 2 aromatic rings. The van der Waals surface area contributed by atoms with Gasteiger partial charge in [-0.15, -0.1) is 0 Å². The maximum atomic E-state index is 4.00. The van der Waals surface area contributed by atoms with Crippen LogP contribution in [0.15, 0.2) is 24.4 Å². The van der Waals surface area contributed by atoms with Gasteiger partial charge in [-0.05, 0) is 38.1 Å². The Morgan fingerprint density at radius 2 is 2.36 bits per heavy atom. The summed E-state index contributed by atoms with van der Waals surface area (Å²) in [6.45, 7) is 2.18. The van der Waals surface area contributed by atoms with Crippen molar-refractivity contribution in [3.63, 3.8) is 0 Å². The van der Waals surface area contributed by atoms with Crippen molar-refractivity contribution in [2.24, 2.45) is 0 Å². The molecule has 0 radical (unpaired) electrons. The molecule has 1 aromatic carbocycles. The Bertz CT molecular complexity index is 419. The minimum atomic E-state index is 0.513. The molecule has 1 heterocycles. The van der Waals surface area contributed by atoms with E-state index in [0.717, 1.165) is 11.9 Å². The third-order valence-corrected chi connectivity index (χ3v) is 2.54. The second-order valence-corrected chi connectivity index (χ2v) is 3.69. The molecular weight excluding hydrogens is 174 g/mol. The third kappa shape index (κ3) is 1.77. The Balaban J connectivity index is 2.25. The molecule has 3 heteroatoms. The number of hydrogen-bond donors (Lipinski definition) is 2. The number of H-pyrrole nitrogens is 1. The minimum Gasteiger partial charge on any atom is -0.317 e. The fraction of sp³-hybridized carbons (Fsp3) is 0.364. The van der Waals surface area contributed by atoms with Gasteiger partial charge in [0.15, 0.2) is 0 Å². The lowest BCUT2D eigenvalue weighted by Gasteiger charge is -2.09. The zero-order chi connectivity index (χ0) is 9.97. The van der Waals surface area contributed by atoms with Gasteiger partial charge in [-0.25, -0.2) is 0 Å². The first-order chi connectivity index (χ1) is 6.79. The highest BCUT2D eigenvalue weighted by Crippen LogP contribution is 2.13. The van der Waals surface area contributed by atoms with Crippen LogP contribution in [0.2, 0.25) is 0 Å². The quantitative estimate of drug-likeness (QED) is 0.771. The predicted octanol–water partition coefficient (Wildman–Crippen LogP) is 1.71. The van der Waals surface area contributed by atoms with Gasteiger partial charge in [0, 0.05) is 11.4 Å². The van der Waals surface area contributed by atoms with E-state index < -0.39 is 0 Å². The van der Waals surface area contributed by atoms with E-state index in [4.69, 9.17) is 0 Å². The predicted molar refractivity (Wildman–Crippen MR) is 58.3 cm³/mol. The molecule has 0 bridgehead atoms. The molecule has 0 spiro atoms. The van der Waals surface area contributed by atoms with E-state index in [1.54, 1.807) is 0 Å². The van der Waals surface area contributed by atoms with Gasteiger partial charge in [0.1, 0.15) is 0 Å². The van der Waals surface area contributed by atoms with Crippen LogP contribution in [-0.4, -0.2) is 23.3 Å². The number of nitrogens with zero attached hydrogens (tertiary/aromatic N) is 1. The lowest BCUT2D eigenvalue weighted by molar-refractivity contribution is 0.609. The average molecular weight is 189 g/mol. The van der Waals surface area contributed by atoms with Gasteiger partial charge in [0.2, 0.25) is 0 Å². The SMILES string of the molecule is CNC(C)Cc1ccc2[nH]ncc2c1. The highest BCUT2D eigenvalue weighted by molar-refractivity contribution is 5.78. The molecular formula is C11H15N3. The number of likely N-dealkylation sites (N-methyl/N-ethyl adjacent to an activating group) is 1. The lowest BCUT2D eigenvalue weighted by atomic mass is 10.1. The van der Waals surface area contributed by atoms with Crippen LogP contribution in [0.3, 0.4) is 0 Å². The summed E-state index contributed by atoms with van der Waals surface area (Å²) in [5.74, 6) is 0. The van der Waals surface area contributed by atoms with Crippen LogP contribution < -0.4 is 5.32 Å². The first-order valence-corrected chi connectivity index (χ1v) is 4.89. The fourth-order valence-corrected chi connectivity index (χ4v) is 1.57. The van der Waals surface area contributed by atoms with Crippen LogP contribution in [0.1, 0.15) is 12.5 Å². The van der Waals surface area contributed by atoms with Gasteiger partial charge in [0.25, 0.3) is 0 Å². The third-order valence-electron chi connectivity index (χ3n) is 2.54. The van der Waals surface area contributed by atoms with Crippen LogP contribution >= 0.6 is 0 Å². The van der Waals surface area contributed by atoms with Gasteiger partial charge >= 0.3 is 0 Å². The summed E-state index contributed by atoms with van der Waals surface area (Å²) in [7, 11) is 1.99. The Labute approximate surface area is 83.5 Å². The summed E-state index contributed by atoms with van der Waals surface area (Å²) in [6, 6.07) is 6.93. The van der Waals surface area contributed by atoms with Crippen molar-refractivity contribution in [1.29, 1.82) is 0 Å². The fourth-order valence-electron chi connectivity index (χ4n) is 1.57. The lowest BCUT2D eigenvalue weighted by Crippen LogP contribution is -2.23. The summed E-state index contributed by atoms with van der Waals surface area (Å²) < 4.78 is 0. The molecule has 2 N–H and O–H groups in total. The average Bonchev–Trinajstić information content (AvgIpc) is 2.64. The molecule has 0 amide bonds. The molecule has 0 aliphatic heterocycles. The summed E-state index contributed by atoms with van der Waals surface area (Å²) in [5, 5.41) is 11.4. The van der Waals surface area contributed by atoms with E-state index in [0.29, 0.717) is 6.04 Å². The molecule has 0 fully saturated rings. The van der Waals surface area contributed by atoms with Crippen molar-refractivity contribution in [2.75, 3.05) is 7.05 Å². The normalized spacial score (nSPS) is 13.3. The van der Waals surface area contributed by atoms with Gasteiger partial charge in [-0.2, -0.15) is 5.10 Å². The van der Waals surface area contributed by atoms with E-state index in [2.05, 4.69) is 40.6 Å². The minimum absolute atomic E-state index is 0.513. The second kappa shape index (κ2) is 3.80. The number of rotatable bonds is 3. The molecule has 0 saturated carbocycles. The summed E-state index contributed by atoms with van der Waals surface area (Å²) in [6.07, 6.45) is 2.92. The highest BCUT2D eigenvalue weighted by Gasteiger charge is 2.02.